The molecule has 1 N–H and O–H groups in total. The number of anilines is 1. The normalized spacial score (nSPS) is 10.8. The Morgan fingerprint density at radius 2 is 1.95 bits per heavy atom. The van der Waals surface area contributed by atoms with Gasteiger partial charge in [0.2, 0.25) is 0 Å². The molecule has 0 aliphatic heterocycles. The van der Waals surface area contributed by atoms with Crippen molar-refractivity contribution in [3.05, 3.63) is 30.3 Å². The van der Waals surface area contributed by atoms with Gasteiger partial charge in [-0.05, 0) is 36.7 Å². The fourth-order valence-electron chi connectivity index (χ4n) is 1.85. The second kappa shape index (κ2) is 6.80. The Balaban J connectivity index is 2.28. The van der Waals surface area contributed by atoms with Crippen molar-refractivity contribution in [2.24, 2.45) is 0 Å². The molecule has 0 fully saturated rings. The minimum atomic E-state index is -0.920. The molecule has 1 aromatic heterocycles. The van der Waals surface area contributed by atoms with Crippen molar-refractivity contribution < 1.29 is 9.90 Å². The lowest BCUT2D eigenvalue weighted by Gasteiger charge is -2.22. The number of hydrogen-bond acceptors (Lipinski definition) is 6. The van der Waals surface area contributed by atoms with E-state index in [1.165, 1.54) is 0 Å². The summed E-state index contributed by atoms with van der Waals surface area (Å²) < 4.78 is 1.54. The van der Waals surface area contributed by atoms with Gasteiger partial charge in [-0.3, -0.25) is 4.79 Å². The molecule has 2 aromatic rings. The van der Waals surface area contributed by atoms with Crippen molar-refractivity contribution in [1.82, 2.24) is 25.1 Å². The number of carboxylic acids is 1. The van der Waals surface area contributed by atoms with Crippen LogP contribution in [0.25, 0.3) is 5.69 Å². The van der Waals surface area contributed by atoms with Crippen LogP contribution >= 0.6 is 0 Å². The number of aromatic nitrogens is 4. The van der Waals surface area contributed by atoms with Crippen LogP contribution in [0.5, 0.6) is 0 Å². The summed E-state index contributed by atoms with van der Waals surface area (Å²) in [6.07, 6.45) is 0. The lowest BCUT2D eigenvalue weighted by molar-refractivity contribution is -0.135. The third-order valence-electron chi connectivity index (χ3n) is 2.88. The number of benzene rings is 1. The summed E-state index contributed by atoms with van der Waals surface area (Å²) in [5, 5.41) is 20.7. The highest BCUT2D eigenvalue weighted by molar-refractivity contribution is 5.72. The van der Waals surface area contributed by atoms with Gasteiger partial charge in [0.05, 0.1) is 5.69 Å². The highest BCUT2D eigenvalue weighted by Gasteiger charge is 2.18. The van der Waals surface area contributed by atoms with Crippen LogP contribution in [-0.2, 0) is 4.79 Å². The molecular formula is C13H18N6O2. The molecule has 0 unspecified atom stereocenters. The summed E-state index contributed by atoms with van der Waals surface area (Å²) in [4.78, 5) is 14.7. The van der Waals surface area contributed by atoms with Crippen LogP contribution in [0.2, 0.25) is 0 Å². The Hall–Kier alpha value is -2.48. The molecule has 0 saturated carbocycles. The van der Waals surface area contributed by atoms with Gasteiger partial charge >= 0.3 is 5.97 Å². The van der Waals surface area contributed by atoms with Crippen molar-refractivity contribution in [3.63, 3.8) is 0 Å². The van der Waals surface area contributed by atoms with Gasteiger partial charge in [-0.15, -0.1) is 0 Å². The number of carboxylic acid groups (broad SMARTS) is 1. The molecule has 2 rings (SSSR count). The van der Waals surface area contributed by atoms with Crippen LogP contribution in [-0.4, -0.2) is 69.9 Å². The molecule has 0 bridgehead atoms. The summed E-state index contributed by atoms with van der Waals surface area (Å²) in [5.74, 6) is -0.498. The lowest BCUT2D eigenvalue weighted by atomic mass is 10.3. The Kier molecular flexibility index (Phi) is 4.83. The molecule has 0 aliphatic rings. The molecule has 0 atom stereocenters. The number of aliphatic carboxylic acids is 1. The highest BCUT2D eigenvalue weighted by atomic mass is 16.4. The summed E-state index contributed by atoms with van der Waals surface area (Å²) in [7, 11) is 3.86. The first-order valence-corrected chi connectivity index (χ1v) is 6.53. The Labute approximate surface area is 122 Å². The number of hydrogen-bond donors (Lipinski definition) is 1. The number of carbonyl (C=O) groups is 1. The van der Waals surface area contributed by atoms with Gasteiger partial charge < -0.3 is 14.9 Å². The number of nitrogens with zero attached hydrogens (tertiary/aromatic N) is 6. The number of likely N-dealkylation sites (N-methyl/N-ethyl adjacent to an activating group) is 1. The van der Waals surface area contributed by atoms with Crippen LogP contribution in [0, 0.1) is 0 Å². The quantitative estimate of drug-likeness (QED) is 0.774. The Bertz CT molecular complexity index is 583. The zero-order chi connectivity index (χ0) is 15.2. The Morgan fingerprint density at radius 3 is 2.57 bits per heavy atom. The first kappa shape index (κ1) is 14.9. The fraction of sp³-hybridized carbons (Fsp3) is 0.385. The van der Waals surface area contributed by atoms with Crippen molar-refractivity contribution in [2.75, 3.05) is 38.6 Å². The number of rotatable bonds is 7. The average Bonchev–Trinajstić information content (AvgIpc) is 2.93. The predicted molar refractivity (Wildman–Crippen MR) is 77.6 cm³/mol. The summed E-state index contributed by atoms with van der Waals surface area (Å²) >= 11 is 0. The van der Waals surface area contributed by atoms with E-state index < -0.39 is 5.97 Å². The van der Waals surface area contributed by atoms with Gasteiger partial charge in [0.15, 0.2) is 0 Å². The molecule has 1 aromatic carbocycles. The zero-order valence-electron chi connectivity index (χ0n) is 12.0. The molecule has 0 saturated heterocycles. The smallest absolute Gasteiger partial charge is 0.323 e. The van der Waals surface area contributed by atoms with Gasteiger partial charge in [-0.25, -0.2) is 0 Å². The zero-order valence-corrected chi connectivity index (χ0v) is 12.0. The molecule has 8 nitrogen and oxygen atoms in total. The van der Waals surface area contributed by atoms with Crippen molar-refractivity contribution in [2.45, 2.75) is 0 Å². The predicted octanol–water partition coefficient (Wildman–Crippen LogP) is 0.115. The van der Waals surface area contributed by atoms with Gasteiger partial charge in [0.25, 0.3) is 5.95 Å². The second-order valence-corrected chi connectivity index (χ2v) is 4.84. The summed E-state index contributed by atoms with van der Waals surface area (Å²) in [5.41, 5.74) is 0.790. The molecule has 112 valence electrons. The van der Waals surface area contributed by atoms with Crippen LogP contribution in [0.1, 0.15) is 0 Å². The van der Waals surface area contributed by atoms with Crippen LogP contribution in [0.15, 0.2) is 30.3 Å². The van der Waals surface area contributed by atoms with Crippen LogP contribution in [0.3, 0.4) is 0 Å². The first-order valence-electron chi connectivity index (χ1n) is 6.53. The molecule has 21 heavy (non-hydrogen) atoms. The third-order valence-corrected chi connectivity index (χ3v) is 2.88. The fourth-order valence-corrected chi connectivity index (χ4v) is 1.85. The summed E-state index contributed by atoms with van der Waals surface area (Å²) in [6, 6.07) is 9.38. The van der Waals surface area contributed by atoms with E-state index in [4.69, 9.17) is 5.11 Å². The van der Waals surface area contributed by atoms with E-state index in [0.717, 1.165) is 5.69 Å². The van der Waals surface area contributed by atoms with Crippen LogP contribution in [0.4, 0.5) is 5.95 Å². The van der Waals surface area contributed by atoms with E-state index in [0.29, 0.717) is 19.0 Å². The molecule has 0 aliphatic carbocycles. The molecule has 0 spiro atoms. The topological polar surface area (TPSA) is 87.4 Å². The molecule has 0 amide bonds. The molecule has 1 heterocycles. The van der Waals surface area contributed by atoms with Crippen molar-refractivity contribution in [1.29, 1.82) is 0 Å². The van der Waals surface area contributed by atoms with E-state index in [1.807, 2.05) is 49.3 Å². The monoisotopic (exact) mass is 290 g/mol. The first-order chi connectivity index (χ1) is 10.1. The Morgan fingerprint density at radius 1 is 1.24 bits per heavy atom. The summed E-state index contributed by atoms with van der Waals surface area (Å²) in [6.45, 7) is 1.07. The SMILES string of the molecule is CN(C)CCN(CC(=O)O)c1nnnn1-c1ccccc1. The van der Waals surface area contributed by atoms with Gasteiger partial charge in [-0.2, -0.15) is 4.68 Å². The minimum Gasteiger partial charge on any atom is -0.480 e. The maximum atomic E-state index is 11.1. The van der Waals surface area contributed by atoms with Gasteiger partial charge in [-0.1, -0.05) is 23.3 Å². The third kappa shape index (κ3) is 3.99. The molecule has 0 radical (unpaired) electrons. The van der Waals surface area contributed by atoms with E-state index in [-0.39, 0.29) is 6.54 Å². The largest absolute Gasteiger partial charge is 0.480 e. The van der Waals surface area contributed by atoms with Crippen molar-refractivity contribution >= 4 is 11.9 Å². The average molecular weight is 290 g/mol. The van der Waals surface area contributed by atoms with E-state index in [1.54, 1.807) is 9.58 Å². The van der Waals surface area contributed by atoms with E-state index >= 15 is 0 Å². The van der Waals surface area contributed by atoms with Crippen molar-refractivity contribution in [3.8, 4) is 5.69 Å². The van der Waals surface area contributed by atoms with Gasteiger partial charge in [0.1, 0.15) is 6.54 Å². The standard InChI is InChI=1S/C13H18N6O2/c1-17(2)8-9-18(10-12(20)21)13-14-15-16-19(13)11-6-4-3-5-7-11/h3-7H,8-10H2,1-2H3,(H,20,21). The second-order valence-electron chi connectivity index (χ2n) is 4.84. The highest BCUT2D eigenvalue weighted by Crippen LogP contribution is 2.14. The number of para-hydroxylation sites is 1. The van der Waals surface area contributed by atoms with E-state index in [2.05, 4.69) is 15.5 Å². The van der Waals surface area contributed by atoms with Gasteiger partial charge in [0, 0.05) is 13.1 Å². The van der Waals surface area contributed by atoms with E-state index in [9.17, 15) is 4.79 Å². The maximum absolute atomic E-state index is 11.1. The lowest BCUT2D eigenvalue weighted by Crippen LogP contribution is -2.37. The number of tetrazole rings is 1. The molecular weight excluding hydrogens is 272 g/mol. The maximum Gasteiger partial charge on any atom is 0.323 e. The minimum absolute atomic E-state index is 0.152. The van der Waals surface area contributed by atoms with Crippen LogP contribution < -0.4 is 4.90 Å². The molecule has 8 heteroatoms.